The molecule has 0 radical (unpaired) electrons. The second-order valence-corrected chi connectivity index (χ2v) is 25.6. The number of aromatic nitrogens is 2. The molecule has 1 saturated heterocycles. The molecule has 19 N–H and O–H groups in total. The topological polar surface area (TPSA) is 505 Å². The monoisotopic (exact) mass is 1340 g/mol. The van der Waals surface area contributed by atoms with Crippen molar-refractivity contribution in [3.05, 3.63) is 53.3 Å². The van der Waals surface area contributed by atoms with E-state index in [0.29, 0.717) is 11.4 Å². The van der Waals surface area contributed by atoms with Crippen LogP contribution in [0.2, 0.25) is 0 Å². The molecule has 0 spiro atoms. The van der Waals surface area contributed by atoms with Crippen molar-refractivity contribution in [3.8, 4) is 0 Å². The Morgan fingerprint density at radius 3 is 1.75 bits per heavy atom. The number of aliphatic hydroxyl groups excluding tert-OH is 4. The first-order valence-electron chi connectivity index (χ1n) is 32.0. The molecule has 530 valence electrons. The van der Waals surface area contributed by atoms with Crippen molar-refractivity contribution >= 4 is 76.9 Å². The summed E-state index contributed by atoms with van der Waals surface area (Å²) in [7, 11) is 0. The van der Waals surface area contributed by atoms with E-state index in [0.717, 1.165) is 6.92 Å². The zero-order valence-corrected chi connectivity index (χ0v) is 56.4. The number of benzene rings is 1. The number of esters is 1. The average Bonchev–Trinajstić information content (AvgIpc) is 0.827. The van der Waals surface area contributed by atoms with Crippen molar-refractivity contribution in [2.24, 2.45) is 41.1 Å². The van der Waals surface area contributed by atoms with E-state index >= 15 is 9.59 Å². The highest BCUT2D eigenvalue weighted by molar-refractivity contribution is 6.00. The normalized spacial score (nSPS) is 24.1. The maximum atomic E-state index is 15.4. The summed E-state index contributed by atoms with van der Waals surface area (Å²) in [5.74, 6) is -16.5. The number of ether oxygens (including phenoxy) is 1. The number of anilines is 1. The van der Waals surface area contributed by atoms with E-state index in [2.05, 4.69) is 57.8 Å². The lowest BCUT2D eigenvalue weighted by Gasteiger charge is -2.34. The Bertz CT molecular complexity index is 2930. The van der Waals surface area contributed by atoms with Gasteiger partial charge >= 0.3 is 5.97 Å². The van der Waals surface area contributed by atoms with Gasteiger partial charge in [-0.3, -0.25) is 52.7 Å². The van der Waals surface area contributed by atoms with Gasteiger partial charge in [-0.15, -0.1) is 0 Å². The number of aliphatic hydroxyl groups is 4. The second kappa shape index (κ2) is 38.8. The lowest BCUT2D eigenvalue weighted by Crippen LogP contribution is -2.64. The van der Waals surface area contributed by atoms with E-state index in [4.69, 9.17) is 16.2 Å². The summed E-state index contributed by atoms with van der Waals surface area (Å²) < 4.78 is 5.95. The summed E-state index contributed by atoms with van der Waals surface area (Å²) in [4.78, 5) is 180. The van der Waals surface area contributed by atoms with Crippen molar-refractivity contribution in [2.45, 2.75) is 213 Å². The predicted octanol–water partition coefficient (Wildman–Crippen LogP) is -3.19. The summed E-state index contributed by atoms with van der Waals surface area (Å²) in [5, 5.41) is 71.7. The Kier molecular flexibility index (Phi) is 33.0. The maximum absolute atomic E-state index is 15.4. The van der Waals surface area contributed by atoms with E-state index in [-0.39, 0.29) is 74.3 Å². The van der Waals surface area contributed by atoms with Gasteiger partial charge in [0.1, 0.15) is 48.3 Å². The van der Waals surface area contributed by atoms with Crippen molar-refractivity contribution in [3.63, 3.8) is 0 Å². The number of nitrogens with one attached hydrogen (secondary N) is 11. The minimum Gasteiger partial charge on any atom is -0.453 e. The van der Waals surface area contributed by atoms with Gasteiger partial charge in [-0.25, -0.2) is 14.8 Å². The predicted molar refractivity (Wildman–Crippen MR) is 345 cm³/mol. The Balaban J connectivity index is 2.41. The molecule has 32 heteroatoms. The molecule has 11 amide bonds. The van der Waals surface area contributed by atoms with Crippen LogP contribution < -0.4 is 70.0 Å². The lowest BCUT2D eigenvalue weighted by atomic mass is 9.95. The maximum Gasteiger partial charge on any atom is 0.331 e. The van der Waals surface area contributed by atoms with Gasteiger partial charge in [0.2, 0.25) is 70.9 Å². The number of nitrogens with two attached hydrogens (primary N) is 2. The molecule has 2 aromatic rings. The third-order valence-corrected chi connectivity index (χ3v) is 15.4. The van der Waals surface area contributed by atoms with Gasteiger partial charge < -0.3 is 95.1 Å². The first kappa shape index (κ1) is 80.8. The van der Waals surface area contributed by atoms with E-state index in [1.807, 2.05) is 24.5 Å². The molecule has 1 fully saturated rings. The van der Waals surface area contributed by atoms with Crippen molar-refractivity contribution in [2.75, 3.05) is 25.0 Å². The third-order valence-electron chi connectivity index (χ3n) is 15.4. The zero-order valence-electron chi connectivity index (χ0n) is 56.4. The number of rotatable bonds is 24. The Morgan fingerprint density at radius 1 is 0.653 bits per heavy atom. The van der Waals surface area contributed by atoms with Crippen LogP contribution in [0.3, 0.4) is 0 Å². The van der Waals surface area contributed by atoms with E-state index in [1.54, 1.807) is 61.5 Å². The van der Waals surface area contributed by atoms with Gasteiger partial charge in [0.05, 0.1) is 31.4 Å². The third kappa shape index (κ3) is 26.0. The molecule has 32 nitrogen and oxygen atoms in total. The number of carbonyl (C=O) groups excluding carboxylic acids is 12. The quantitative estimate of drug-likeness (QED) is 0.0364. The van der Waals surface area contributed by atoms with Crippen LogP contribution >= 0.6 is 0 Å². The van der Waals surface area contributed by atoms with Crippen LogP contribution in [-0.2, 0) is 62.3 Å². The minimum atomic E-state index is -2.57. The molecular formula is C63H101N15O17. The first-order valence-corrected chi connectivity index (χ1v) is 32.0. The fourth-order valence-corrected chi connectivity index (χ4v) is 10.1. The van der Waals surface area contributed by atoms with Gasteiger partial charge in [0, 0.05) is 17.9 Å². The minimum absolute atomic E-state index is 0.0531. The first-order chi connectivity index (χ1) is 44.5. The number of carbonyl (C=O) groups is 12. The van der Waals surface area contributed by atoms with Crippen molar-refractivity contribution in [1.29, 1.82) is 0 Å². The van der Waals surface area contributed by atoms with Gasteiger partial charge in [0.25, 0.3) is 0 Å². The summed E-state index contributed by atoms with van der Waals surface area (Å²) >= 11 is 0. The van der Waals surface area contributed by atoms with Crippen LogP contribution in [0, 0.1) is 43.4 Å². The summed E-state index contributed by atoms with van der Waals surface area (Å²) in [5.41, 5.74) is 12.9. The van der Waals surface area contributed by atoms with Crippen LogP contribution in [0.25, 0.3) is 0 Å². The Hall–Kier alpha value is -8.46. The highest BCUT2D eigenvalue weighted by Crippen LogP contribution is 2.25. The van der Waals surface area contributed by atoms with Crippen molar-refractivity contribution in [1.82, 2.24) is 63.1 Å². The van der Waals surface area contributed by atoms with Gasteiger partial charge in [-0.1, -0.05) is 106 Å². The zero-order chi connectivity index (χ0) is 71.7. The van der Waals surface area contributed by atoms with Gasteiger partial charge in [0.15, 0.2) is 18.2 Å². The fraction of sp³-hybridized carbons (Fsp3) is 0.651. The number of hydrogen-bond donors (Lipinski definition) is 17. The molecule has 0 aliphatic carbocycles. The molecule has 1 aromatic carbocycles. The van der Waals surface area contributed by atoms with Crippen LogP contribution in [-0.4, -0.2) is 200 Å². The van der Waals surface area contributed by atoms with Crippen LogP contribution in [0.15, 0.2) is 36.4 Å². The molecule has 1 aromatic heterocycles. The van der Waals surface area contributed by atoms with Crippen LogP contribution in [0.1, 0.15) is 138 Å². The number of nitrogens with zero attached hydrogens (tertiary/aromatic N) is 2. The lowest BCUT2D eigenvalue weighted by molar-refractivity contribution is -0.159. The highest BCUT2D eigenvalue weighted by atomic mass is 16.5. The van der Waals surface area contributed by atoms with Crippen LogP contribution in [0.5, 0.6) is 0 Å². The molecule has 3 rings (SSSR count). The molecule has 2 heterocycles. The number of aryl methyl sites for hydroxylation is 2. The van der Waals surface area contributed by atoms with Gasteiger partial charge in [-0.05, 0) is 94.1 Å². The summed E-state index contributed by atoms with van der Waals surface area (Å²) in [6, 6.07) is -8.87. The summed E-state index contributed by atoms with van der Waals surface area (Å²) in [6.07, 6.45) is -7.85. The van der Waals surface area contributed by atoms with Crippen molar-refractivity contribution < 1.29 is 82.7 Å². The number of hydrogen-bond acceptors (Lipinski definition) is 21. The average molecular weight is 1340 g/mol. The van der Waals surface area contributed by atoms with Crippen LogP contribution in [0.4, 0.5) is 5.95 Å². The fourth-order valence-electron chi connectivity index (χ4n) is 10.1. The number of cyclic esters (lactones) is 1. The standard InChI is InChI=1S/C63H101N15O17/c1-14-33(10)44-58(90)76-45(36(13)80)57(89)67-27-43(81)74-47(50(83)52(65)84)60(92)73-42(28-79)62(94)95-51(37-19-16-15-17-20-37)48(78-56(88)41(25-31(6)7)71-53(85)38(64)23-29(2)3)61(93)77-46(49(82)32(8)9)59(91)72-40(24-30(4)5)55(87)70-39(54(86)75-44)21-18-22-66-63-68-34(11)26-35(12)69-63/h15-17,19-20,26,29-33,36,38-42,44-51,79-80,82-83H,14,18,21-25,27-28,64H2,1-13H3,(H2,65,84)(H,67,89)(H,70,87)(H,71,85)(H,72,91)(H,73,92)(H,74,81)(H,75,86)(H,76,90)(H,77,93)(H,78,88)(H,66,68,69)/t33-,36-,38+,39+,40-,41-,42-,44?,45-,46-,47?,48-,49+,50-,51+/m0/s1. The molecule has 15 atom stereocenters. The molecule has 0 bridgehead atoms. The summed E-state index contributed by atoms with van der Waals surface area (Å²) in [6.45, 7) is 19.2. The van der Waals surface area contributed by atoms with E-state index < -0.39 is 181 Å². The molecule has 0 saturated carbocycles. The molecular weight excluding hydrogens is 1240 g/mol. The largest absolute Gasteiger partial charge is 0.453 e. The van der Waals surface area contributed by atoms with E-state index in [1.165, 1.54) is 44.2 Å². The second-order valence-electron chi connectivity index (χ2n) is 25.6. The van der Waals surface area contributed by atoms with Gasteiger partial charge in [-0.2, -0.15) is 0 Å². The van der Waals surface area contributed by atoms with E-state index in [9.17, 15) is 68.4 Å². The Morgan fingerprint density at radius 2 is 1.20 bits per heavy atom. The number of primary amides is 1. The molecule has 1 aliphatic heterocycles. The highest BCUT2D eigenvalue weighted by Gasteiger charge is 2.44. The molecule has 2 unspecified atom stereocenters. The SMILES string of the molecule is CC[C@H](C)C1NC(=O)[C@@H](CCCNc2nc(C)cc(C)n2)NC(=O)[C@H](CC(C)C)NC(=O)[C@H]([C@H](O)C(C)C)NC(=O)[C@@H](NC(=O)[C@H](CC(C)C)NC(=O)[C@H](N)CC(C)C)[C@@H](c2ccccc2)OC(=O)[C@H](CO)NC(=O)C([C@H](O)C(N)=O)NC(=O)CNC(=O)[C@H]([C@H](C)O)NC1=O. The molecule has 1 aliphatic rings. The number of amides is 11. The smallest absolute Gasteiger partial charge is 0.331 e. The Labute approximate surface area is 553 Å². The molecule has 95 heavy (non-hydrogen) atoms.